The SMILES string of the molecule is CCCNCc1sccc1S(=O)(=O)Nc1cccc(C)n1. The van der Waals surface area contributed by atoms with E-state index in [4.69, 9.17) is 0 Å². The van der Waals surface area contributed by atoms with Crippen LogP contribution in [0.2, 0.25) is 0 Å². The van der Waals surface area contributed by atoms with Crippen LogP contribution in [0.3, 0.4) is 0 Å². The number of aromatic nitrogens is 1. The molecule has 0 unspecified atom stereocenters. The fourth-order valence-electron chi connectivity index (χ4n) is 1.87. The Morgan fingerprint density at radius 3 is 2.81 bits per heavy atom. The highest BCUT2D eigenvalue weighted by Gasteiger charge is 2.20. The van der Waals surface area contributed by atoms with Crippen molar-refractivity contribution < 1.29 is 8.42 Å². The van der Waals surface area contributed by atoms with Gasteiger partial charge in [0.2, 0.25) is 0 Å². The number of rotatable bonds is 7. The fraction of sp³-hybridized carbons (Fsp3) is 0.357. The van der Waals surface area contributed by atoms with E-state index in [0.29, 0.717) is 17.3 Å². The molecule has 2 rings (SSSR count). The zero-order valence-electron chi connectivity index (χ0n) is 12.1. The van der Waals surface area contributed by atoms with Gasteiger partial charge in [0.05, 0.1) is 0 Å². The van der Waals surface area contributed by atoms with Crippen molar-refractivity contribution in [1.29, 1.82) is 0 Å². The molecule has 0 bridgehead atoms. The van der Waals surface area contributed by atoms with Crippen molar-refractivity contribution in [2.75, 3.05) is 11.3 Å². The molecule has 2 aromatic heterocycles. The Morgan fingerprint density at radius 1 is 1.29 bits per heavy atom. The van der Waals surface area contributed by atoms with Gasteiger partial charge in [0.25, 0.3) is 10.0 Å². The van der Waals surface area contributed by atoms with Crippen LogP contribution >= 0.6 is 11.3 Å². The molecule has 0 fully saturated rings. The number of hydrogen-bond acceptors (Lipinski definition) is 5. The molecule has 21 heavy (non-hydrogen) atoms. The predicted molar refractivity (Wildman–Crippen MR) is 86.1 cm³/mol. The van der Waals surface area contributed by atoms with Crippen molar-refractivity contribution in [2.24, 2.45) is 0 Å². The molecule has 2 N–H and O–H groups in total. The smallest absolute Gasteiger partial charge is 0.264 e. The number of nitrogens with zero attached hydrogens (tertiary/aromatic N) is 1. The second-order valence-corrected chi connectivity index (χ2v) is 7.31. The molecule has 0 saturated carbocycles. The van der Waals surface area contributed by atoms with Gasteiger partial charge in [0, 0.05) is 17.1 Å². The van der Waals surface area contributed by atoms with Gasteiger partial charge in [0.1, 0.15) is 10.7 Å². The summed E-state index contributed by atoms with van der Waals surface area (Å²) in [6, 6.07) is 6.87. The van der Waals surface area contributed by atoms with E-state index in [1.807, 2.05) is 13.0 Å². The molecule has 2 heterocycles. The minimum Gasteiger partial charge on any atom is -0.312 e. The first-order valence-electron chi connectivity index (χ1n) is 6.76. The highest BCUT2D eigenvalue weighted by Crippen LogP contribution is 2.23. The molecule has 0 aliphatic rings. The number of thiophene rings is 1. The standard InChI is InChI=1S/C14H19N3O2S2/c1-3-8-15-10-12-13(7-9-20-12)21(18,19)17-14-6-4-5-11(2)16-14/h4-7,9,15H,3,8,10H2,1-2H3,(H,16,17). The van der Waals surface area contributed by atoms with Crippen molar-refractivity contribution in [1.82, 2.24) is 10.3 Å². The molecule has 0 aromatic carbocycles. The Bertz CT molecular complexity index is 696. The van der Waals surface area contributed by atoms with E-state index < -0.39 is 10.0 Å². The minimum absolute atomic E-state index is 0.319. The molecule has 0 amide bonds. The Kier molecular flexibility index (Phi) is 5.33. The van der Waals surface area contributed by atoms with E-state index in [-0.39, 0.29) is 0 Å². The quantitative estimate of drug-likeness (QED) is 0.768. The van der Waals surface area contributed by atoms with Gasteiger partial charge in [-0.05, 0) is 43.5 Å². The summed E-state index contributed by atoms with van der Waals surface area (Å²) in [6.45, 7) is 5.32. The Hall–Kier alpha value is -1.44. The fourth-order valence-corrected chi connectivity index (χ4v) is 4.28. The van der Waals surface area contributed by atoms with Crippen LogP contribution in [0.4, 0.5) is 5.82 Å². The van der Waals surface area contributed by atoms with Crippen LogP contribution in [0.25, 0.3) is 0 Å². The lowest BCUT2D eigenvalue weighted by Gasteiger charge is -2.09. The first kappa shape index (κ1) is 15.9. The largest absolute Gasteiger partial charge is 0.312 e. The Morgan fingerprint density at radius 2 is 2.10 bits per heavy atom. The highest BCUT2D eigenvalue weighted by molar-refractivity contribution is 7.92. The summed E-state index contributed by atoms with van der Waals surface area (Å²) < 4.78 is 27.4. The van der Waals surface area contributed by atoms with E-state index in [0.717, 1.165) is 23.5 Å². The molecule has 7 heteroatoms. The lowest BCUT2D eigenvalue weighted by molar-refractivity contribution is 0.598. The van der Waals surface area contributed by atoms with Crippen molar-refractivity contribution in [3.8, 4) is 0 Å². The Labute approximate surface area is 129 Å². The zero-order chi connectivity index (χ0) is 15.3. The number of aryl methyl sites for hydroxylation is 1. The van der Waals surface area contributed by atoms with Gasteiger partial charge in [-0.15, -0.1) is 11.3 Å². The predicted octanol–water partition coefficient (Wildman–Crippen LogP) is 2.75. The summed E-state index contributed by atoms with van der Waals surface area (Å²) in [5.74, 6) is 0.341. The van der Waals surface area contributed by atoms with Crippen LogP contribution in [0.5, 0.6) is 0 Å². The van der Waals surface area contributed by atoms with Crippen molar-refractivity contribution in [2.45, 2.75) is 31.7 Å². The maximum Gasteiger partial charge on any atom is 0.264 e. The maximum atomic E-state index is 12.5. The van der Waals surface area contributed by atoms with E-state index in [2.05, 4.69) is 21.9 Å². The number of pyridine rings is 1. The second kappa shape index (κ2) is 7.02. The first-order chi connectivity index (χ1) is 10.0. The van der Waals surface area contributed by atoms with Crippen LogP contribution < -0.4 is 10.0 Å². The third-order valence-electron chi connectivity index (χ3n) is 2.83. The topological polar surface area (TPSA) is 71.1 Å². The van der Waals surface area contributed by atoms with Crippen molar-refractivity contribution in [3.05, 3.63) is 40.2 Å². The van der Waals surface area contributed by atoms with Crippen LogP contribution in [0.1, 0.15) is 23.9 Å². The minimum atomic E-state index is -3.60. The van der Waals surface area contributed by atoms with Gasteiger partial charge >= 0.3 is 0 Å². The summed E-state index contributed by atoms with van der Waals surface area (Å²) in [5, 5.41) is 5.02. The van der Waals surface area contributed by atoms with Crippen LogP contribution in [0, 0.1) is 6.92 Å². The van der Waals surface area contributed by atoms with E-state index in [9.17, 15) is 8.42 Å². The number of sulfonamides is 1. The van der Waals surface area contributed by atoms with Crippen LogP contribution in [-0.4, -0.2) is 19.9 Å². The van der Waals surface area contributed by atoms with Gasteiger partial charge in [0.15, 0.2) is 0 Å². The molecule has 0 atom stereocenters. The van der Waals surface area contributed by atoms with Crippen molar-refractivity contribution in [3.63, 3.8) is 0 Å². The summed E-state index contributed by atoms with van der Waals surface area (Å²) in [6.07, 6.45) is 1.01. The first-order valence-corrected chi connectivity index (χ1v) is 9.13. The van der Waals surface area contributed by atoms with Gasteiger partial charge in [-0.3, -0.25) is 4.72 Å². The van der Waals surface area contributed by atoms with E-state index >= 15 is 0 Å². The Balaban J connectivity index is 2.18. The summed E-state index contributed by atoms with van der Waals surface area (Å²) in [5.41, 5.74) is 0.769. The molecule has 0 spiro atoms. The van der Waals surface area contributed by atoms with Gasteiger partial charge in [-0.2, -0.15) is 0 Å². The molecular formula is C14H19N3O2S2. The maximum absolute atomic E-state index is 12.5. The summed E-state index contributed by atoms with van der Waals surface area (Å²) in [7, 11) is -3.60. The van der Waals surface area contributed by atoms with Gasteiger partial charge in [-0.1, -0.05) is 13.0 Å². The second-order valence-electron chi connectivity index (χ2n) is 4.65. The van der Waals surface area contributed by atoms with E-state index in [1.54, 1.807) is 23.6 Å². The lowest BCUT2D eigenvalue weighted by Crippen LogP contribution is -2.18. The molecule has 0 aliphatic heterocycles. The number of anilines is 1. The summed E-state index contributed by atoms with van der Waals surface area (Å²) >= 11 is 1.44. The summed E-state index contributed by atoms with van der Waals surface area (Å²) in [4.78, 5) is 5.30. The van der Waals surface area contributed by atoms with E-state index in [1.165, 1.54) is 11.3 Å². The molecule has 0 saturated heterocycles. The molecule has 5 nitrogen and oxygen atoms in total. The van der Waals surface area contributed by atoms with Crippen LogP contribution in [-0.2, 0) is 16.6 Å². The average Bonchev–Trinajstić information content (AvgIpc) is 2.88. The zero-order valence-corrected chi connectivity index (χ0v) is 13.7. The number of hydrogen-bond donors (Lipinski definition) is 2. The third-order valence-corrected chi connectivity index (χ3v) is 5.32. The number of nitrogens with one attached hydrogen (secondary N) is 2. The molecule has 0 radical (unpaired) electrons. The van der Waals surface area contributed by atoms with Crippen molar-refractivity contribution >= 4 is 27.2 Å². The lowest BCUT2D eigenvalue weighted by atomic mass is 10.4. The molecule has 114 valence electrons. The highest BCUT2D eigenvalue weighted by atomic mass is 32.2. The molecule has 0 aliphatic carbocycles. The van der Waals surface area contributed by atoms with Gasteiger partial charge < -0.3 is 5.32 Å². The monoisotopic (exact) mass is 325 g/mol. The third kappa shape index (κ3) is 4.26. The normalized spacial score (nSPS) is 11.5. The average molecular weight is 325 g/mol. The molecular weight excluding hydrogens is 306 g/mol. The van der Waals surface area contributed by atoms with Gasteiger partial charge in [-0.25, -0.2) is 13.4 Å². The van der Waals surface area contributed by atoms with Crippen LogP contribution in [0.15, 0.2) is 34.5 Å². The molecule has 2 aromatic rings.